The first kappa shape index (κ1) is 13.9. The lowest BCUT2D eigenvalue weighted by Gasteiger charge is -2.25. The van der Waals surface area contributed by atoms with Gasteiger partial charge in [-0.1, -0.05) is 24.1 Å². The Morgan fingerprint density at radius 2 is 2.25 bits per heavy atom. The molecule has 3 rings (SSSR count). The van der Waals surface area contributed by atoms with Crippen molar-refractivity contribution in [2.24, 2.45) is 16.6 Å². The van der Waals surface area contributed by atoms with Crippen molar-refractivity contribution in [1.29, 1.82) is 0 Å². The van der Waals surface area contributed by atoms with E-state index in [1.165, 1.54) is 19.3 Å². The highest BCUT2D eigenvalue weighted by molar-refractivity contribution is 7.07. The van der Waals surface area contributed by atoms with Crippen LogP contribution in [0.1, 0.15) is 24.8 Å². The second-order valence-corrected chi connectivity index (χ2v) is 6.47. The van der Waals surface area contributed by atoms with Crippen LogP contribution < -0.4 is 10.5 Å². The molecule has 1 heterocycles. The number of benzene rings is 1. The zero-order chi connectivity index (χ0) is 13.9. The van der Waals surface area contributed by atoms with Gasteiger partial charge in [0.1, 0.15) is 0 Å². The van der Waals surface area contributed by atoms with Crippen LogP contribution in [-0.2, 0) is 13.1 Å². The first-order valence-corrected chi connectivity index (χ1v) is 8.20. The summed E-state index contributed by atoms with van der Waals surface area (Å²) in [4.78, 5) is 5.78. The van der Waals surface area contributed by atoms with Gasteiger partial charge in [0.25, 0.3) is 0 Å². The summed E-state index contributed by atoms with van der Waals surface area (Å²) in [5.41, 5.74) is 7.58. The minimum atomic E-state index is 0.409. The molecular formula is C15H18ClN3S. The third-order valence-corrected chi connectivity index (χ3v) is 5.00. The standard InChI is InChI=1S/C15H18ClN3S/c16-13-5-2-6-14(12(13)9-17)18-15-19(7-8-20-15)10-11-3-1-4-11/h2,5-8,11H,1,3-4,9-10,17H2. The maximum Gasteiger partial charge on any atom is 0.189 e. The van der Waals surface area contributed by atoms with Crippen LogP contribution >= 0.6 is 22.9 Å². The third kappa shape index (κ3) is 2.82. The van der Waals surface area contributed by atoms with E-state index in [-0.39, 0.29) is 0 Å². The molecular weight excluding hydrogens is 290 g/mol. The van der Waals surface area contributed by atoms with Gasteiger partial charge in [-0.15, -0.1) is 11.3 Å². The van der Waals surface area contributed by atoms with E-state index >= 15 is 0 Å². The predicted molar refractivity (Wildman–Crippen MR) is 84.2 cm³/mol. The number of rotatable bonds is 4. The molecule has 106 valence electrons. The van der Waals surface area contributed by atoms with E-state index in [1.54, 1.807) is 11.3 Å². The van der Waals surface area contributed by atoms with Gasteiger partial charge in [0.15, 0.2) is 4.80 Å². The van der Waals surface area contributed by atoms with Crippen LogP contribution in [0, 0.1) is 5.92 Å². The monoisotopic (exact) mass is 307 g/mol. The summed E-state index contributed by atoms with van der Waals surface area (Å²) in [6.45, 7) is 1.48. The van der Waals surface area contributed by atoms with Crippen LogP contribution in [0.4, 0.5) is 5.69 Å². The second-order valence-electron chi connectivity index (χ2n) is 5.19. The number of hydrogen-bond donors (Lipinski definition) is 1. The maximum absolute atomic E-state index is 6.18. The Balaban J connectivity index is 1.96. The van der Waals surface area contributed by atoms with Gasteiger partial charge in [0, 0.05) is 35.3 Å². The molecule has 0 radical (unpaired) electrons. The molecule has 1 aliphatic rings. The highest BCUT2D eigenvalue weighted by Gasteiger charge is 2.18. The van der Waals surface area contributed by atoms with E-state index in [0.717, 1.165) is 28.5 Å². The summed E-state index contributed by atoms with van der Waals surface area (Å²) in [5.74, 6) is 0.817. The van der Waals surface area contributed by atoms with Gasteiger partial charge < -0.3 is 10.3 Å². The van der Waals surface area contributed by atoms with Gasteiger partial charge in [0.05, 0.1) is 5.69 Å². The molecule has 2 aromatic rings. The summed E-state index contributed by atoms with van der Waals surface area (Å²) in [7, 11) is 0. The van der Waals surface area contributed by atoms with Crippen molar-refractivity contribution in [3.63, 3.8) is 0 Å². The Bertz CT molecular complexity index is 655. The quantitative estimate of drug-likeness (QED) is 0.919. The van der Waals surface area contributed by atoms with Crippen molar-refractivity contribution in [2.75, 3.05) is 0 Å². The molecule has 0 atom stereocenters. The zero-order valence-electron chi connectivity index (χ0n) is 11.3. The summed E-state index contributed by atoms with van der Waals surface area (Å²) >= 11 is 7.84. The van der Waals surface area contributed by atoms with Crippen LogP contribution in [0.3, 0.4) is 0 Å². The van der Waals surface area contributed by atoms with E-state index in [9.17, 15) is 0 Å². The summed E-state index contributed by atoms with van der Waals surface area (Å²) in [5, 5.41) is 2.78. The van der Waals surface area contributed by atoms with Crippen molar-refractivity contribution in [3.8, 4) is 0 Å². The number of aromatic nitrogens is 1. The molecule has 1 fully saturated rings. The van der Waals surface area contributed by atoms with E-state index in [1.807, 2.05) is 18.2 Å². The molecule has 0 saturated heterocycles. The fraction of sp³-hybridized carbons (Fsp3) is 0.400. The van der Waals surface area contributed by atoms with Crippen molar-refractivity contribution < 1.29 is 0 Å². The smallest absolute Gasteiger partial charge is 0.189 e. The number of nitrogens with zero attached hydrogens (tertiary/aromatic N) is 2. The molecule has 20 heavy (non-hydrogen) atoms. The van der Waals surface area contributed by atoms with Crippen molar-refractivity contribution in [3.05, 3.63) is 45.2 Å². The normalized spacial score (nSPS) is 16.4. The van der Waals surface area contributed by atoms with E-state index in [0.29, 0.717) is 11.6 Å². The molecule has 1 saturated carbocycles. The minimum Gasteiger partial charge on any atom is -0.326 e. The number of thiazole rings is 1. The highest BCUT2D eigenvalue weighted by atomic mass is 35.5. The number of nitrogens with two attached hydrogens (primary N) is 1. The lowest BCUT2D eigenvalue weighted by Crippen LogP contribution is -2.23. The fourth-order valence-corrected chi connectivity index (χ4v) is 3.43. The van der Waals surface area contributed by atoms with Crippen LogP contribution in [0.25, 0.3) is 0 Å². The Kier molecular flexibility index (Phi) is 4.24. The van der Waals surface area contributed by atoms with Crippen LogP contribution in [0.15, 0.2) is 34.8 Å². The fourth-order valence-electron chi connectivity index (χ4n) is 2.44. The lowest BCUT2D eigenvalue weighted by molar-refractivity contribution is 0.274. The highest BCUT2D eigenvalue weighted by Crippen LogP contribution is 2.28. The molecule has 1 aliphatic carbocycles. The van der Waals surface area contributed by atoms with Crippen molar-refractivity contribution in [2.45, 2.75) is 32.4 Å². The lowest BCUT2D eigenvalue weighted by atomic mass is 9.85. The average molecular weight is 308 g/mol. The maximum atomic E-state index is 6.18. The minimum absolute atomic E-state index is 0.409. The molecule has 0 spiro atoms. The van der Waals surface area contributed by atoms with Gasteiger partial charge in [-0.05, 0) is 30.9 Å². The van der Waals surface area contributed by atoms with Crippen LogP contribution in [-0.4, -0.2) is 4.57 Å². The van der Waals surface area contributed by atoms with Gasteiger partial charge in [-0.3, -0.25) is 0 Å². The van der Waals surface area contributed by atoms with Crippen molar-refractivity contribution >= 4 is 28.6 Å². The molecule has 1 aromatic heterocycles. The van der Waals surface area contributed by atoms with Gasteiger partial charge in [0.2, 0.25) is 0 Å². The molecule has 2 N–H and O–H groups in total. The van der Waals surface area contributed by atoms with Crippen LogP contribution in [0.2, 0.25) is 5.02 Å². The van der Waals surface area contributed by atoms with Crippen LogP contribution in [0.5, 0.6) is 0 Å². The Morgan fingerprint density at radius 1 is 1.40 bits per heavy atom. The van der Waals surface area contributed by atoms with E-state index in [2.05, 4.69) is 16.1 Å². The first-order valence-electron chi connectivity index (χ1n) is 6.94. The summed E-state index contributed by atoms with van der Waals surface area (Å²) in [6.07, 6.45) is 6.17. The third-order valence-electron chi connectivity index (χ3n) is 3.85. The van der Waals surface area contributed by atoms with Gasteiger partial charge >= 0.3 is 0 Å². The average Bonchev–Trinajstić information content (AvgIpc) is 2.81. The molecule has 5 heteroatoms. The molecule has 1 aromatic carbocycles. The topological polar surface area (TPSA) is 43.3 Å². The predicted octanol–water partition coefficient (Wildman–Crippen LogP) is 3.69. The molecule has 0 bridgehead atoms. The SMILES string of the molecule is NCc1c(Cl)cccc1N=c1sccn1CC1CCC1. The van der Waals surface area contributed by atoms with Gasteiger partial charge in [-0.2, -0.15) is 0 Å². The van der Waals surface area contributed by atoms with Crippen molar-refractivity contribution in [1.82, 2.24) is 4.57 Å². The number of hydrogen-bond acceptors (Lipinski definition) is 3. The summed E-state index contributed by atoms with van der Waals surface area (Å²) < 4.78 is 2.25. The first-order chi connectivity index (χ1) is 9.78. The molecule has 3 nitrogen and oxygen atoms in total. The van der Waals surface area contributed by atoms with E-state index < -0.39 is 0 Å². The zero-order valence-corrected chi connectivity index (χ0v) is 12.8. The van der Waals surface area contributed by atoms with E-state index in [4.69, 9.17) is 22.3 Å². The summed E-state index contributed by atoms with van der Waals surface area (Å²) in [6, 6.07) is 5.76. The van der Waals surface area contributed by atoms with Gasteiger partial charge in [-0.25, -0.2) is 4.99 Å². The Labute approximate surface area is 127 Å². The second kappa shape index (κ2) is 6.12. The number of halogens is 1. The largest absolute Gasteiger partial charge is 0.326 e. The molecule has 0 unspecified atom stereocenters. The Morgan fingerprint density at radius 3 is 2.95 bits per heavy atom. The molecule has 0 aliphatic heterocycles. The Hall–Kier alpha value is -1.10. The molecule has 0 amide bonds.